The molecule has 2 aromatic carbocycles. The van der Waals surface area contributed by atoms with Gasteiger partial charge in [-0.3, -0.25) is 13.9 Å². The minimum atomic E-state index is -3.75. The first-order valence-electron chi connectivity index (χ1n) is 12.7. The largest absolute Gasteiger partial charge is 0.352 e. The summed E-state index contributed by atoms with van der Waals surface area (Å²) >= 11 is 0. The minimum Gasteiger partial charge on any atom is -0.352 e. The predicted octanol–water partition coefficient (Wildman–Crippen LogP) is 4.24. The van der Waals surface area contributed by atoms with Gasteiger partial charge in [0.25, 0.3) is 0 Å². The lowest BCUT2D eigenvalue weighted by Gasteiger charge is -2.33. The molecule has 0 aliphatic heterocycles. The number of sulfonamides is 1. The zero-order chi connectivity index (χ0) is 26.5. The van der Waals surface area contributed by atoms with Gasteiger partial charge in [0.2, 0.25) is 21.8 Å². The number of nitrogens with zero attached hydrogens (tertiary/aromatic N) is 2. The van der Waals surface area contributed by atoms with Gasteiger partial charge in [-0.15, -0.1) is 0 Å². The van der Waals surface area contributed by atoms with Crippen molar-refractivity contribution in [2.24, 2.45) is 0 Å². The summed E-state index contributed by atoms with van der Waals surface area (Å²) in [6.07, 6.45) is 6.35. The molecule has 1 fully saturated rings. The van der Waals surface area contributed by atoms with E-state index in [2.05, 4.69) is 5.32 Å². The number of carbonyl (C=O) groups is 2. The summed E-state index contributed by atoms with van der Waals surface area (Å²) in [5.41, 5.74) is 4.14. The third-order valence-electron chi connectivity index (χ3n) is 7.08. The second-order valence-electron chi connectivity index (χ2n) is 10.0. The molecular weight excluding hydrogens is 474 g/mol. The van der Waals surface area contributed by atoms with Crippen LogP contribution in [0, 0.1) is 20.8 Å². The van der Waals surface area contributed by atoms with Crippen LogP contribution in [0.1, 0.15) is 61.3 Å². The van der Waals surface area contributed by atoms with Crippen molar-refractivity contribution in [1.82, 2.24) is 10.2 Å². The van der Waals surface area contributed by atoms with E-state index in [1.54, 1.807) is 19.1 Å². The van der Waals surface area contributed by atoms with E-state index in [9.17, 15) is 18.0 Å². The average molecular weight is 514 g/mol. The summed E-state index contributed by atoms with van der Waals surface area (Å²) in [6.45, 7) is 7.27. The maximum absolute atomic E-state index is 13.7. The topological polar surface area (TPSA) is 86.8 Å². The van der Waals surface area contributed by atoms with E-state index in [4.69, 9.17) is 0 Å². The molecule has 1 unspecified atom stereocenters. The summed E-state index contributed by atoms with van der Waals surface area (Å²) in [5.74, 6) is -0.630. The Balaban J connectivity index is 1.90. The highest BCUT2D eigenvalue weighted by Crippen LogP contribution is 2.25. The molecule has 1 aliphatic carbocycles. The molecule has 36 heavy (non-hydrogen) atoms. The molecule has 1 aliphatic rings. The molecule has 0 spiro atoms. The predicted molar refractivity (Wildman–Crippen MR) is 144 cm³/mol. The van der Waals surface area contributed by atoms with E-state index in [-0.39, 0.29) is 25.0 Å². The van der Waals surface area contributed by atoms with E-state index < -0.39 is 22.0 Å². The average Bonchev–Trinajstić information content (AvgIpc) is 2.82. The van der Waals surface area contributed by atoms with Gasteiger partial charge in [0.15, 0.2) is 0 Å². The molecule has 1 saturated carbocycles. The quantitative estimate of drug-likeness (QED) is 0.543. The number of rotatable bonds is 9. The maximum Gasteiger partial charge on any atom is 0.244 e. The molecule has 0 bridgehead atoms. The van der Waals surface area contributed by atoms with E-state index in [0.29, 0.717) is 5.69 Å². The molecule has 1 atom stereocenters. The second-order valence-corrected chi connectivity index (χ2v) is 11.9. The molecule has 2 amide bonds. The Morgan fingerprint density at radius 3 is 2.33 bits per heavy atom. The van der Waals surface area contributed by atoms with Crippen LogP contribution in [-0.4, -0.2) is 50.0 Å². The highest BCUT2D eigenvalue weighted by molar-refractivity contribution is 7.92. The number of anilines is 1. The number of hydrogen-bond acceptors (Lipinski definition) is 4. The zero-order valence-corrected chi connectivity index (χ0v) is 22.9. The number of benzene rings is 2. The van der Waals surface area contributed by atoms with E-state index >= 15 is 0 Å². The van der Waals surface area contributed by atoms with Crippen molar-refractivity contribution in [3.05, 3.63) is 64.7 Å². The fourth-order valence-corrected chi connectivity index (χ4v) is 5.66. The van der Waals surface area contributed by atoms with Crippen LogP contribution >= 0.6 is 0 Å². The molecule has 0 aromatic heterocycles. The molecule has 1 N–H and O–H groups in total. The summed E-state index contributed by atoms with van der Waals surface area (Å²) in [5, 5.41) is 3.12. The fraction of sp³-hybridized carbons (Fsp3) is 0.500. The van der Waals surface area contributed by atoms with Gasteiger partial charge in [0.1, 0.15) is 12.6 Å². The van der Waals surface area contributed by atoms with Crippen LogP contribution < -0.4 is 9.62 Å². The Bertz CT molecular complexity index is 1190. The Kier molecular flexibility index (Phi) is 9.17. The summed E-state index contributed by atoms with van der Waals surface area (Å²) < 4.78 is 26.7. The van der Waals surface area contributed by atoms with Crippen LogP contribution in [0.25, 0.3) is 0 Å². The fourth-order valence-electron chi connectivity index (χ4n) is 4.76. The van der Waals surface area contributed by atoms with Gasteiger partial charge in [0, 0.05) is 12.6 Å². The number of carbonyl (C=O) groups excluding carboxylic acids is 2. The second kappa shape index (κ2) is 11.9. The molecule has 8 heteroatoms. The number of hydrogen-bond donors (Lipinski definition) is 1. The Morgan fingerprint density at radius 2 is 1.69 bits per heavy atom. The van der Waals surface area contributed by atoms with Crippen LogP contribution in [0.2, 0.25) is 0 Å². The van der Waals surface area contributed by atoms with Crippen LogP contribution in [0.15, 0.2) is 42.5 Å². The van der Waals surface area contributed by atoms with E-state index in [1.807, 2.05) is 51.1 Å². The van der Waals surface area contributed by atoms with E-state index in [0.717, 1.165) is 58.5 Å². The Morgan fingerprint density at radius 1 is 1.03 bits per heavy atom. The normalized spacial score (nSPS) is 15.2. The Hall–Kier alpha value is -2.87. The Labute approximate surface area is 215 Å². The molecular formula is C28H39N3O4S. The van der Waals surface area contributed by atoms with Gasteiger partial charge < -0.3 is 10.2 Å². The van der Waals surface area contributed by atoms with Crippen LogP contribution in [0.5, 0.6) is 0 Å². The lowest BCUT2D eigenvalue weighted by atomic mass is 9.95. The van der Waals surface area contributed by atoms with E-state index in [1.165, 1.54) is 11.3 Å². The van der Waals surface area contributed by atoms with Crippen molar-refractivity contribution in [2.75, 3.05) is 17.1 Å². The molecule has 0 saturated heterocycles. The lowest BCUT2D eigenvalue weighted by molar-refractivity contribution is -0.139. The van der Waals surface area contributed by atoms with Gasteiger partial charge in [-0.25, -0.2) is 8.42 Å². The summed E-state index contributed by atoms with van der Waals surface area (Å²) in [6, 6.07) is 12.5. The lowest BCUT2D eigenvalue weighted by Crippen LogP contribution is -2.53. The van der Waals surface area contributed by atoms with Crippen molar-refractivity contribution in [3.8, 4) is 0 Å². The smallest absolute Gasteiger partial charge is 0.244 e. The minimum absolute atomic E-state index is 0.118. The number of aryl methyl sites for hydroxylation is 2. The van der Waals surface area contributed by atoms with Crippen molar-refractivity contribution >= 4 is 27.5 Å². The number of amides is 2. The molecule has 3 rings (SSSR count). The highest BCUT2D eigenvalue weighted by Gasteiger charge is 2.31. The SMILES string of the molecule is Cc1cccc(CN(C(=O)CN(c2cccc(C)c2C)S(C)(=O)=O)C(C)C(=O)NC2CCCCC2)c1. The molecule has 0 heterocycles. The first-order valence-corrected chi connectivity index (χ1v) is 14.5. The molecule has 2 aromatic rings. The van der Waals surface area contributed by atoms with Crippen molar-refractivity contribution < 1.29 is 18.0 Å². The maximum atomic E-state index is 13.7. The standard InChI is InChI=1S/C28H39N3O4S/c1-20-11-9-13-24(17-20)18-30(23(4)28(33)29-25-14-7-6-8-15-25)27(32)19-31(36(5,34)35)26-16-10-12-21(2)22(26)3/h9-13,16-17,23,25H,6-8,14-15,18-19H2,1-5H3,(H,29,33). The van der Waals surface area contributed by atoms with Gasteiger partial charge >= 0.3 is 0 Å². The summed E-state index contributed by atoms with van der Waals surface area (Å²) in [7, 11) is -3.75. The molecule has 196 valence electrons. The van der Waals surface area contributed by atoms with Crippen molar-refractivity contribution in [1.29, 1.82) is 0 Å². The molecule has 7 nitrogen and oxygen atoms in total. The zero-order valence-electron chi connectivity index (χ0n) is 22.1. The van der Waals surface area contributed by atoms with Gasteiger partial charge in [-0.2, -0.15) is 0 Å². The third kappa shape index (κ3) is 7.09. The van der Waals surface area contributed by atoms with Gasteiger partial charge in [0.05, 0.1) is 11.9 Å². The number of nitrogens with one attached hydrogen (secondary N) is 1. The summed E-state index contributed by atoms with van der Waals surface area (Å²) in [4.78, 5) is 28.5. The monoisotopic (exact) mass is 513 g/mol. The molecule has 0 radical (unpaired) electrons. The van der Waals surface area contributed by atoms with Crippen molar-refractivity contribution in [3.63, 3.8) is 0 Å². The van der Waals surface area contributed by atoms with Crippen LogP contribution in [0.4, 0.5) is 5.69 Å². The van der Waals surface area contributed by atoms with Crippen LogP contribution in [-0.2, 0) is 26.2 Å². The van der Waals surface area contributed by atoms with Gasteiger partial charge in [-0.1, -0.05) is 61.2 Å². The van der Waals surface area contributed by atoms with Crippen molar-refractivity contribution in [2.45, 2.75) is 78.4 Å². The van der Waals surface area contributed by atoms with Crippen LogP contribution in [0.3, 0.4) is 0 Å². The highest BCUT2D eigenvalue weighted by atomic mass is 32.2. The third-order valence-corrected chi connectivity index (χ3v) is 8.20. The first kappa shape index (κ1) is 27.7. The van der Waals surface area contributed by atoms with Gasteiger partial charge in [-0.05, 0) is 63.3 Å². The first-order chi connectivity index (χ1) is 17.0.